The quantitative estimate of drug-likeness (QED) is 0.681. The molecule has 2 rings (SSSR count). The van der Waals surface area contributed by atoms with Crippen LogP contribution in [0.1, 0.15) is 5.69 Å². The highest BCUT2D eigenvalue weighted by molar-refractivity contribution is 5.53. The van der Waals surface area contributed by atoms with Crippen molar-refractivity contribution in [3.63, 3.8) is 0 Å². The van der Waals surface area contributed by atoms with E-state index >= 15 is 0 Å². The molecule has 0 saturated carbocycles. The number of hydrogen-bond donors (Lipinski definition) is 1. The Labute approximate surface area is 106 Å². The Morgan fingerprint density at radius 1 is 1.42 bits per heavy atom. The van der Waals surface area contributed by atoms with Crippen molar-refractivity contribution in [1.82, 2.24) is 9.55 Å². The number of nitro groups is 1. The topological polar surface area (TPSA) is 73.0 Å². The highest BCUT2D eigenvalue weighted by Crippen LogP contribution is 2.25. The lowest BCUT2D eigenvalue weighted by molar-refractivity contribution is -0.387. The normalized spacial score (nSPS) is 10.5. The summed E-state index contributed by atoms with van der Waals surface area (Å²) >= 11 is 0. The molecule has 19 heavy (non-hydrogen) atoms. The third-order valence-corrected chi connectivity index (χ3v) is 2.61. The van der Waals surface area contributed by atoms with Gasteiger partial charge in [0.1, 0.15) is 5.82 Å². The molecule has 100 valence electrons. The summed E-state index contributed by atoms with van der Waals surface area (Å²) in [5.74, 6) is -2.08. The van der Waals surface area contributed by atoms with Crippen LogP contribution in [0.25, 0.3) is 0 Å². The zero-order valence-electron chi connectivity index (χ0n) is 9.93. The van der Waals surface area contributed by atoms with E-state index in [1.165, 1.54) is 0 Å². The van der Waals surface area contributed by atoms with Crippen LogP contribution in [0.3, 0.4) is 0 Å². The van der Waals surface area contributed by atoms with E-state index < -0.39 is 22.2 Å². The summed E-state index contributed by atoms with van der Waals surface area (Å²) in [6, 6.07) is 1.32. The van der Waals surface area contributed by atoms with E-state index in [0.717, 1.165) is 11.8 Å². The number of benzene rings is 1. The van der Waals surface area contributed by atoms with E-state index in [-0.39, 0.29) is 12.2 Å². The molecule has 8 heteroatoms. The predicted molar refractivity (Wildman–Crippen MR) is 63.5 cm³/mol. The Kier molecular flexibility index (Phi) is 3.41. The Morgan fingerprint density at radius 3 is 2.74 bits per heavy atom. The molecule has 1 aromatic heterocycles. The molecule has 0 bridgehead atoms. The van der Waals surface area contributed by atoms with Crippen LogP contribution in [0.4, 0.5) is 20.2 Å². The molecule has 2 aromatic rings. The van der Waals surface area contributed by atoms with Crippen molar-refractivity contribution in [2.45, 2.75) is 6.54 Å². The van der Waals surface area contributed by atoms with Crippen LogP contribution in [0.5, 0.6) is 0 Å². The van der Waals surface area contributed by atoms with Gasteiger partial charge in [0.25, 0.3) is 0 Å². The van der Waals surface area contributed by atoms with Gasteiger partial charge in [-0.3, -0.25) is 10.1 Å². The van der Waals surface area contributed by atoms with E-state index in [4.69, 9.17) is 0 Å². The summed E-state index contributed by atoms with van der Waals surface area (Å²) in [7, 11) is 1.76. The van der Waals surface area contributed by atoms with E-state index in [1.54, 1.807) is 24.1 Å². The first kappa shape index (κ1) is 12.9. The fourth-order valence-electron chi connectivity index (χ4n) is 1.55. The Balaban J connectivity index is 2.23. The SMILES string of the molecule is Cn1cncc1CNc1cc([N+](=O)[O-])c(F)cc1F. The zero-order chi connectivity index (χ0) is 14.0. The lowest BCUT2D eigenvalue weighted by Gasteiger charge is -2.08. The van der Waals surface area contributed by atoms with Gasteiger partial charge in [-0.1, -0.05) is 0 Å². The molecule has 0 aliphatic carbocycles. The maximum atomic E-state index is 13.5. The molecule has 1 aromatic carbocycles. The third kappa shape index (κ3) is 2.67. The Hall–Kier alpha value is -2.51. The average molecular weight is 268 g/mol. The first-order chi connectivity index (χ1) is 8.99. The molecule has 0 aliphatic heterocycles. The lowest BCUT2D eigenvalue weighted by Crippen LogP contribution is -2.06. The monoisotopic (exact) mass is 268 g/mol. The molecule has 0 atom stereocenters. The van der Waals surface area contributed by atoms with Gasteiger partial charge in [0.2, 0.25) is 5.82 Å². The largest absolute Gasteiger partial charge is 0.377 e. The molecular formula is C11H10F2N4O2. The summed E-state index contributed by atoms with van der Waals surface area (Å²) in [4.78, 5) is 13.6. The third-order valence-electron chi connectivity index (χ3n) is 2.61. The van der Waals surface area contributed by atoms with E-state index in [9.17, 15) is 18.9 Å². The van der Waals surface area contributed by atoms with Crippen LogP contribution in [-0.2, 0) is 13.6 Å². The van der Waals surface area contributed by atoms with Crippen LogP contribution in [0, 0.1) is 21.7 Å². The summed E-state index contributed by atoms with van der Waals surface area (Å²) in [6.07, 6.45) is 3.14. The predicted octanol–water partition coefficient (Wildman–Crippen LogP) is 2.22. The summed E-state index contributed by atoms with van der Waals surface area (Å²) in [5.41, 5.74) is -0.144. The van der Waals surface area contributed by atoms with Crippen LogP contribution in [-0.4, -0.2) is 14.5 Å². The van der Waals surface area contributed by atoms with Crippen molar-refractivity contribution >= 4 is 11.4 Å². The number of anilines is 1. The zero-order valence-corrected chi connectivity index (χ0v) is 9.93. The summed E-state index contributed by atoms with van der Waals surface area (Å²) < 4.78 is 28.3. The van der Waals surface area contributed by atoms with Crippen molar-refractivity contribution in [3.8, 4) is 0 Å². The first-order valence-electron chi connectivity index (χ1n) is 5.31. The van der Waals surface area contributed by atoms with Crippen LogP contribution in [0.15, 0.2) is 24.7 Å². The second kappa shape index (κ2) is 5.01. The molecule has 0 fully saturated rings. The first-order valence-corrected chi connectivity index (χ1v) is 5.31. The minimum atomic E-state index is -1.20. The summed E-state index contributed by atoms with van der Waals surface area (Å²) in [5, 5.41) is 13.2. The molecule has 1 heterocycles. The molecule has 0 saturated heterocycles. The standard InChI is InChI=1S/C11H10F2N4O2/c1-16-6-14-4-7(16)5-15-10-3-11(17(18)19)9(13)2-8(10)12/h2-4,6,15H,5H2,1H3. The van der Waals surface area contributed by atoms with Gasteiger partial charge in [0, 0.05) is 25.4 Å². The van der Waals surface area contributed by atoms with Gasteiger partial charge in [0.05, 0.1) is 29.2 Å². The number of halogens is 2. The minimum absolute atomic E-state index is 0.130. The molecule has 1 N–H and O–H groups in total. The molecule has 0 aliphatic rings. The molecule has 0 spiro atoms. The van der Waals surface area contributed by atoms with Crippen molar-refractivity contribution in [2.24, 2.45) is 7.05 Å². The number of nitrogens with one attached hydrogen (secondary N) is 1. The number of nitro benzene ring substituents is 1. The van der Waals surface area contributed by atoms with E-state index in [2.05, 4.69) is 10.3 Å². The van der Waals surface area contributed by atoms with Gasteiger partial charge in [0.15, 0.2) is 0 Å². The fraction of sp³-hybridized carbons (Fsp3) is 0.182. The number of aryl methyl sites for hydroxylation is 1. The van der Waals surface area contributed by atoms with Gasteiger partial charge < -0.3 is 9.88 Å². The highest BCUT2D eigenvalue weighted by Gasteiger charge is 2.18. The molecule has 6 nitrogen and oxygen atoms in total. The number of hydrogen-bond acceptors (Lipinski definition) is 4. The maximum absolute atomic E-state index is 13.5. The van der Waals surface area contributed by atoms with Crippen molar-refractivity contribution in [2.75, 3.05) is 5.32 Å². The molecule has 0 amide bonds. The number of aromatic nitrogens is 2. The van der Waals surface area contributed by atoms with Crippen LogP contribution >= 0.6 is 0 Å². The number of rotatable bonds is 4. The Bertz CT molecular complexity index is 627. The average Bonchev–Trinajstić information content (AvgIpc) is 2.73. The highest BCUT2D eigenvalue weighted by atomic mass is 19.1. The van der Waals surface area contributed by atoms with Crippen molar-refractivity contribution < 1.29 is 13.7 Å². The fourth-order valence-corrected chi connectivity index (χ4v) is 1.55. The van der Waals surface area contributed by atoms with Gasteiger partial charge in [-0.05, 0) is 0 Å². The minimum Gasteiger partial charge on any atom is -0.377 e. The molecular weight excluding hydrogens is 258 g/mol. The van der Waals surface area contributed by atoms with Crippen LogP contribution < -0.4 is 5.32 Å². The van der Waals surface area contributed by atoms with Crippen molar-refractivity contribution in [1.29, 1.82) is 0 Å². The van der Waals surface area contributed by atoms with E-state index in [1.807, 2.05) is 0 Å². The number of imidazole rings is 1. The molecule has 0 unspecified atom stereocenters. The Morgan fingerprint density at radius 2 is 2.16 bits per heavy atom. The second-order valence-electron chi connectivity index (χ2n) is 3.89. The lowest BCUT2D eigenvalue weighted by atomic mass is 10.2. The van der Waals surface area contributed by atoms with E-state index in [0.29, 0.717) is 6.07 Å². The molecule has 0 radical (unpaired) electrons. The van der Waals surface area contributed by atoms with Crippen LogP contribution in [0.2, 0.25) is 0 Å². The maximum Gasteiger partial charge on any atom is 0.307 e. The van der Waals surface area contributed by atoms with Gasteiger partial charge in [-0.15, -0.1) is 0 Å². The smallest absolute Gasteiger partial charge is 0.307 e. The summed E-state index contributed by atoms with van der Waals surface area (Å²) in [6.45, 7) is 0.218. The van der Waals surface area contributed by atoms with Gasteiger partial charge in [-0.25, -0.2) is 9.37 Å². The van der Waals surface area contributed by atoms with Gasteiger partial charge in [-0.2, -0.15) is 4.39 Å². The van der Waals surface area contributed by atoms with Gasteiger partial charge >= 0.3 is 5.69 Å². The second-order valence-corrected chi connectivity index (χ2v) is 3.89. The van der Waals surface area contributed by atoms with Crippen molar-refractivity contribution in [3.05, 3.63) is 52.1 Å². The number of nitrogens with zero attached hydrogens (tertiary/aromatic N) is 3.